The molecule has 3 fully saturated rings. The molecule has 2 unspecified atom stereocenters. The van der Waals surface area contributed by atoms with Crippen molar-refractivity contribution in [3.63, 3.8) is 0 Å². The van der Waals surface area contributed by atoms with E-state index < -0.39 is 0 Å². The standard InChI is InChI=1S/C16H26N2O4/c1-12(19)18-5-3-16(4-6-18)8-14(11-22-16)15(20)17-9-13-2-7-21-10-13/h13-14H,2-11H2,1H3,(H,17,20). The van der Waals surface area contributed by atoms with E-state index in [2.05, 4.69) is 5.32 Å². The smallest absolute Gasteiger partial charge is 0.225 e. The van der Waals surface area contributed by atoms with Crippen LogP contribution >= 0.6 is 0 Å². The predicted octanol–water partition coefficient (Wildman–Crippen LogP) is 0.557. The zero-order chi connectivity index (χ0) is 15.6. The number of hydrogen-bond donors (Lipinski definition) is 1. The first kappa shape index (κ1) is 15.7. The number of carbonyl (C=O) groups is 2. The molecular weight excluding hydrogens is 284 g/mol. The average Bonchev–Trinajstić information content (AvgIpc) is 3.16. The maximum absolute atomic E-state index is 12.3. The summed E-state index contributed by atoms with van der Waals surface area (Å²) in [5.74, 6) is 0.643. The minimum Gasteiger partial charge on any atom is -0.381 e. The largest absolute Gasteiger partial charge is 0.381 e. The van der Waals surface area contributed by atoms with Crippen LogP contribution in [0.25, 0.3) is 0 Å². The lowest BCUT2D eigenvalue weighted by molar-refractivity contribution is -0.133. The number of ether oxygens (including phenoxy) is 2. The Morgan fingerprint density at radius 1 is 1.27 bits per heavy atom. The summed E-state index contributed by atoms with van der Waals surface area (Å²) in [4.78, 5) is 25.6. The van der Waals surface area contributed by atoms with Crippen molar-refractivity contribution in [3.05, 3.63) is 0 Å². The van der Waals surface area contributed by atoms with Crippen LogP contribution in [0.4, 0.5) is 0 Å². The first-order valence-corrected chi connectivity index (χ1v) is 8.33. The molecule has 0 radical (unpaired) electrons. The Morgan fingerprint density at radius 2 is 2.05 bits per heavy atom. The van der Waals surface area contributed by atoms with E-state index in [1.807, 2.05) is 4.90 Å². The van der Waals surface area contributed by atoms with Gasteiger partial charge in [0.2, 0.25) is 11.8 Å². The minimum absolute atomic E-state index is 0.0498. The quantitative estimate of drug-likeness (QED) is 0.827. The SMILES string of the molecule is CC(=O)N1CCC2(CC1)CC(C(=O)NCC1CCOC1)CO2. The number of nitrogens with zero attached hydrogens (tertiary/aromatic N) is 1. The molecule has 6 heteroatoms. The van der Waals surface area contributed by atoms with Crippen molar-refractivity contribution in [3.8, 4) is 0 Å². The highest BCUT2D eigenvalue weighted by Crippen LogP contribution is 2.38. The van der Waals surface area contributed by atoms with Crippen molar-refractivity contribution >= 4 is 11.8 Å². The van der Waals surface area contributed by atoms with E-state index in [0.717, 1.165) is 52.0 Å². The monoisotopic (exact) mass is 310 g/mol. The van der Waals surface area contributed by atoms with Crippen LogP contribution in [-0.4, -0.2) is 61.8 Å². The number of hydrogen-bond acceptors (Lipinski definition) is 4. The van der Waals surface area contributed by atoms with Gasteiger partial charge in [-0.3, -0.25) is 9.59 Å². The molecule has 22 heavy (non-hydrogen) atoms. The van der Waals surface area contributed by atoms with Gasteiger partial charge in [0.1, 0.15) is 0 Å². The molecule has 0 saturated carbocycles. The van der Waals surface area contributed by atoms with Crippen molar-refractivity contribution < 1.29 is 19.1 Å². The van der Waals surface area contributed by atoms with Crippen LogP contribution in [0.5, 0.6) is 0 Å². The third kappa shape index (κ3) is 3.43. The van der Waals surface area contributed by atoms with Crippen molar-refractivity contribution in [1.82, 2.24) is 10.2 Å². The molecule has 2 atom stereocenters. The lowest BCUT2D eigenvalue weighted by Gasteiger charge is -2.38. The predicted molar refractivity (Wildman–Crippen MR) is 80.2 cm³/mol. The summed E-state index contributed by atoms with van der Waals surface area (Å²) in [6.45, 7) is 5.87. The second-order valence-corrected chi connectivity index (χ2v) is 6.88. The molecule has 3 rings (SSSR count). The first-order chi connectivity index (χ1) is 10.6. The maximum atomic E-state index is 12.3. The van der Waals surface area contributed by atoms with Gasteiger partial charge in [-0.25, -0.2) is 0 Å². The summed E-state index contributed by atoms with van der Waals surface area (Å²) in [7, 11) is 0. The number of rotatable bonds is 3. The van der Waals surface area contributed by atoms with Crippen molar-refractivity contribution in [2.45, 2.75) is 38.2 Å². The Hall–Kier alpha value is -1.14. The molecule has 0 aliphatic carbocycles. The Kier molecular flexibility index (Phi) is 4.68. The lowest BCUT2D eigenvalue weighted by Crippen LogP contribution is -2.46. The fourth-order valence-electron chi connectivity index (χ4n) is 3.72. The van der Waals surface area contributed by atoms with Crippen molar-refractivity contribution in [2.75, 3.05) is 39.5 Å². The van der Waals surface area contributed by atoms with Crippen molar-refractivity contribution in [1.29, 1.82) is 0 Å². The van der Waals surface area contributed by atoms with Gasteiger partial charge in [-0.15, -0.1) is 0 Å². The fourth-order valence-corrected chi connectivity index (χ4v) is 3.72. The number of likely N-dealkylation sites (tertiary alicyclic amines) is 1. The Balaban J connectivity index is 1.45. The molecular formula is C16H26N2O4. The maximum Gasteiger partial charge on any atom is 0.225 e. The van der Waals surface area contributed by atoms with Gasteiger partial charge in [0, 0.05) is 39.1 Å². The number of piperidine rings is 1. The van der Waals surface area contributed by atoms with Crippen LogP contribution in [0.2, 0.25) is 0 Å². The lowest BCUT2D eigenvalue weighted by atomic mass is 9.85. The molecule has 0 aromatic rings. The summed E-state index contributed by atoms with van der Waals surface area (Å²) in [6, 6.07) is 0. The van der Waals surface area contributed by atoms with Gasteiger partial charge >= 0.3 is 0 Å². The molecule has 124 valence electrons. The molecule has 0 bridgehead atoms. The van der Waals surface area contributed by atoms with E-state index in [9.17, 15) is 9.59 Å². The van der Waals surface area contributed by atoms with Crippen molar-refractivity contribution in [2.24, 2.45) is 11.8 Å². The molecule has 3 aliphatic rings. The van der Waals surface area contributed by atoms with Crippen LogP contribution in [0.1, 0.15) is 32.6 Å². The molecule has 3 heterocycles. The highest BCUT2D eigenvalue weighted by Gasteiger charge is 2.45. The van der Waals surface area contributed by atoms with E-state index in [-0.39, 0.29) is 23.3 Å². The van der Waals surface area contributed by atoms with Crippen LogP contribution in [0, 0.1) is 11.8 Å². The Labute approximate surface area is 131 Å². The van der Waals surface area contributed by atoms with E-state index in [4.69, 9.17) is 9.47 Å². The molecule has 3 aliphatic heterocycles. The van der Waals surface area contributed by atoms with Crippen LogP contribution < -0.4 is 5.32 Å². The average molecular weight is 310 g/mol. The summed E-state index contributed by atoms with van der Waals surface area (Å²) < 4.78 is 11.3. The molecule has 6 nitrogen and oxygen atoms in total. The van der Waals surface area contributed by atoms with Gasteiger partial charge in [-0.2, -0.15) is 0 Å². The molecule has 0 aromatic heterocycles. The minimum atomic E-state index is -0.190. The second kappa shape index (κ2) is 6.54. The summed E-state index contributed by atoms with van der Waals surface area (Å²) in [5, 5.41) is 3.05. The molecule has 3 saturated heterocycles. The number of amides is 2. The molecule has 1 N–H and O–H groups in total. The first-order valence-electron chi connectivity index (χ1n) is 8.33. The summed E-state index contributed by atoms with van der Waals surface area (Å²) in [5.41, 5.74) is -0.190. The van der Waals surface area contributed by atoms with Gasteiger partial charge < -0.3 is 19.7 Å². The third-order valence-corrected chi connectivity index (χ3v) is 5.29. The van der Waals surface area contributed by atoms with Gasteiger partial charge in [0.15, 0.2) is 0 Å². The normalized spacial score (nSPS) is 30.7. The zero-order valence-electron chi connectivity index (χ0n) is 13.3. The van der Waals surface area contributed by atoms with Crippen LogP contribution in [-0.2, 0) is 19.1 Å². The summed E-state index contributed by atoms with van der Waals surface area (Å²) in [6.07, 6.45) is 3.50. The van der Waals surface area contributed by atoms with Crippen LogP contribution in [0.15, 0.2) is 0 Å². The van der Waals surface area contributed by atoms with E-state index in [1.165, 1.54) is 0 Å². The van der Waals surface area contributed by atoms with Gasteiger partial charge in [0.05, 0.1) is 24.7 Å². The molecule has 2 amide bonds. The third-order valence-electron chi connectivity index (χ3n) is 5.29. The summed E-state index contributed by atoms with van der Waals surface area (Å²) >= 11 is 0. The highest BCUT2D eigenvalue weighted by atomic mass is 16.5. The van der Waals surface area contributed by atoms with Gasteiger partial charge in [-0.05, 0) is 25.7 Å². The molecule has 1 spiro atoms. The van der Waals surface area contributed by atoms with E-state index in [0.29, 0.717) is 19.1 Å². The Morgan fingerprint density at radius 3 is 2.68 bits per heavy atom. The fraction of sp³-hybridized carbons (Fsp3) is 0.875. The Bertz CT molecular complexity index is 426. The molecule has 0 aromatic carbocycles. The highest BCUT2D eigenvalue weighted by molar-refractivity contribution is 5.79. The van der Waals surface area contributed by atoms with E-state index >= 15 is 0 Å². The number of nitrogens with one attached hydrogen (secondary N) is 1. The number of carbonyl (C=O) groups excluding carboxylic acids is 2. The van der Waals surface area contributed by atoms with Gasteiger partial charge in [-0.1, -0.05) is 0 Å². The second-order valence-electron chi connectivity index (χ2n) is 6.88. The topological polar surface area (TPSA) is 67.9 Å². The van der Waals surface area contributed by atoms with Crippen LogP contribution in [0.3, 0.4) is 0 Å². The zero-order valence-corrected chi connectivity index (χ0v) is 13.3. The van der Waals surface area contributed by atoms with Gasteiger partial charge in [0.25, 0.3) is 0 Å². The van der Waals surface area contributed by atoms with E-state index in [1.54, 1.807) is 6.92 Å².